The highest BCUT2D eigenvalue weighted by Gasteiger charge is 2.17. The molecule has 0 aliphatic heterocycles. The fraction of sp³-hybridized carbons (Fsp3) is 0.526. The van der Waals surface area contributed by atoms with Crippen molar-refractivity contribution in [3.05, 3.63) is 35.4 Å². The van der Waals surface area contributed by atoms with Gasteiger partial charge < -0.3 is 14.6 Å². The Kier molecular flexibility index (Phi) is 11.5. The van der Waals surface area contributed by atoms with Gasteiger partial charge in [0.1, 0.15) is 11.5 Å². The summed E-state index contributed by atoms with van der Waals surface area (Å²) >= 11 is 0. The molecule has 0 aromatic heterocycles. The lowest BCUT2D eigenvalue weighted by molar-refractivity contribution is -0.125. The van der Waals surface area contributed by atoms with Crippen LogP contribution in [0.4, 0.5) is 4.79 Å². The number of carbonyl (C=O) groups is 3. The molecule has 0 bridgehead atoms. The van der Waals surface area contributed by atoms with Crippen LogP contribution in [0.3, 0.4) is 0 Å². The van der Waals surface area contributed by atoms with Crippen molar-refractivity contribution in [2.24, 2.45) is 11.8 Å². The number of aliphatic hydroxyl groups is 1. The van der Waals surface area contributed by atoms with Crippen molar-refractivity contribution in [1.29, 1.82) is 0 Å². The number of nitrogens with one attached hydrogen (secondary N) is 1. The number of methoxy groups -OCH3 is 1. The summed E-state index contributed by atoms with van der Waals surface area (Å²) in [4.78, 5) is 33.8. The third-order valence-electron chi connectivity index (χ3n) is 4.03. The summed E-state index contributed by atoms with van der Waals surface area (Å²) in [6.45, 7) is 7.36. The van der Waals surface area contributed by atoms with Gasteiger partial charge in [-0.1, -0.05) is 26.8 Å². The van der Waals surface area contributed by atoms with Gasteiger partial charge in [0.15, 0.2) is 5.78 Å². The molecule has 7 heteroatoms. The molecule has 0 aliphatic carbocycles. The summed E-state index contributed by atoms with van der Waals surface area (Å²) in [5.41, 5.74) is 0.237. The van der Waals surface area contributed by atoms with Crippen LogP contribution in [0.2, 0.25) is 0 Å². The van der Waals surface area contributed by atoms with Gasteiger partial charge in [-0.3, -0.25) is 14.9 Å². The standard InChI is InChI=1S/C19H29NO6/c1-6-13(2)18(23)15(4)16(22)11-17(26-12-21)14(3)9-7-8-10-20-19(24)25-5/h8,10-14,22H,6-7,9H2,1-5H3,(H,20,24)/b10-8+,16-15-,17-11-. The minimum absolute atomic E-state index is 0.142. The molecule has 2 N–H and O–H groups in total. The second kappa shape index (κ2) is 12.7. The lowest BCUT2D eigenvalue weighted by atomic mass is 9.96. The lowest BCUT2D eigenvalue weighted by Crippen LogP contribution is -2.16. The zero-order valence-corrected chi connectivity index (χ0v) is 16.1. The Labute approximate surface area is 154 Å². The van der Waals surface area contributed by atoms with E-state index in [1.54, 1.807) is 19.9 Å². The molecule has 146 valence electrons. The molecule has 0 aromatic rings. The van der Waals surface area contributed by atoms with Crippen LogP contribution in [0.15, 0.2) is 35.4 Å². The number of Topliss-reactive ketones (excluding diaryl/α,β-unsaturated/α-hetero) is 1. The number of hydrogen-bond donors (Lipinski definition) is 2. The summed E-state index contributed by atoms with van der Waals surface area (Å²) in [5.74, 6) is -0.455. The van der Waals surface area contributed by atoms with Gasteiger partial charge >= 0.3 is 6.09 Å². The van der Waals surface area contributed by atoms with E-state index in [-0.39, 0.29) is 41.2 Å². The van der Waals surface area contributed by atoms with Crippen LogP contribution >= 0.6 is 0 Å². The molecule has 0 saturated carbocycles. The van der Waals surface area contributed by atoms with Crippen molar-refractivity contribution in [3.8, 4) is 0 Å². The first kappa shape index (κ1) is 23.4. The van der Waals surface area contributed by atoms with Gasteiger partial charge in [-0.15, -0.1) is 0 Å². The molecule has 2 atom stereocenters. The third-order valence-corrected chi connectivity index (χ3v) is 4.03. The van der Waals surface area contributed by atoms with E-state index in [1.807, 2.05) is 13.8 Å². The summed E-state index contributed by atoms with van der Waals surface area (Å²) in [7, 11) is 1.27. The monoisotopic (exact) mass is 367 g/mol. The Morgan fingerprint density at radius 1 is 1.23 bits per heavy atom. The first-order chi connectivity index (χ1) is 12.3. The van der Waals surface area contributed by atoms with E-state index in [0.29, 0.717) is 19.3 Å². The average molecular weight is 367 g/mol. The van der Waals surface area contributed by atoms with Gasteiger partial charge in [0, 0.05) is 29.7 Å². The number of rotatable bonds is 11. The molecule has 0 fully saturated rings. The van der Waals surface area contributed by atoms with E-state index >= 15 is 0 Å². The molecule has 0 aromatic carbocycles. The second-order valence-corrected chi connectivity index (χ2v) is 5.96. The Morgan fingerprint density at radius 3 is 2.42 bits per heavy atom. The van der Waals surface area contributed by atoms with Gasteiger partial charge in [0.05, 0.1) is 7.11 Å². The fourth-order valence-electron chi connectivity index (χ4n) is 2.03. The summed E-state index contributed by atoms with van der Waals surface area (Å²) < 4.78 is 9.39. The predicted molar refractivity (Wildman–Crippen MR) is 98.1 cm³/mol. The maximum absolute atomic E-state index is 12.1. The topological polar surface area (TPSA) is 102 Å². The SMILES string of the molecule is CCC(C)C(=O)/C(C)=C(O)/C=C(\OC=O)C(C)CC/C=C/NC(=O)OC. The van der Waals surface area contributed by atoms with Crippen LogP contribution in [0, 0.1) is 11.8 Å². The molecule has 0 spiro atoms. The minimum atomic E-state index is -0.560. The fourth-order valence-corrected chi connectivity index (χ4v) is 2.03. The first-order valence-electron chi connectivity index (χ1n) is 8.53. The molecule has 0 heterocycles. The number of amides is 1. The number of carbonyl (C=O) groups excluding carboxylic acids is 3. The highest BCUT2D eigenvalue weighted by molar-refractivity contribution is 5.97. The Balaban J connectivity index is 5.03. The number of alkyl carbamates (subject to hydrolysis) is 1. The van der Waals surface area contributed by atoms with Crippen molar-refractivity contribution >= 4 is 18.3 Å². The number of ether oxygens (including phenoxy) is 2. The number of allylic oxidation sites excluding steroid dienone is 4. The molecule has 0 saturated heterocycles. The highest BCUT2D eigenvalue weighted by Crippen LogP contribution is 2.21. The lowest BCUT2D eigenvalue weighted by Gasteiger charge is -2.14. The van der Waals surface area contributed by atoms with E-state index in [9.17, 15) is 19.5 Å². The Bertz CT molecular complexity index is 577. The molecule has 0 aliphatic rings. The Morgan fingerprint density at radius 2 is 1.88 bits per heavy atom. The third kappa shape index (κ3) is 8.50. The smallest absolute Gasteiger partial charge is 0.410 e. The Hall–Kier alpha value is -2.57. The zero-order valence-electron chi connectivity index (χ0n) is 16.1. The average Bonchev–Trinajstić information content (AvgIpc) is 2.64. The number of aliphatic hydroxyl groups excluding tert-OH is 1. The summed E-state index contributed by atoms with van der Waals surface area (Å²) in [6, 6.07) is 0. The van der Waals surface area contributed by atoms with Gasteiger partial charge in [-0.05, 0) is 26.2 Å². The molecule has 0 rings (SSSR count). The van der Waals surface area contributed by atoms with Gasteiger partial charge in [0.25, 0.3) is 6.47 Å². The van der Waals surface area contributed by atoms with Crippen molar-refractivity contribution in [1.82, 2.24) is 5.32 Å². The van der Waals surface area contributed by atoms with Crippen LogP contribution in [0.25, 0.3) is 0 Å². The molecule has 1 amide bonds. The van der Waals surface area contributed by atoms with Crippen molar-refractivity contribution in [2.45, 2.75) is 47.0 Å². The molecule has 26 heavy (non-hydrogen) atoms. The second-order valence-electron chi connectivity index (χ2n) is 5.96. The van der Waals surface area contributed by atoms with E-state index < -0.39 is 6.09 Å². The van der Waals surface area contributed by atoms with E-state index in [1.165, 1.54) is 19.4 Å². The first-order valence-corrected chi connectivity index (χ1v) is 8.53. The molecule has 7 nitrogen and oxygen atoms in total. The predicted octanol–water partition coefficient (Wildman–Crippen LogP) is 3.78. The van der Waals surface area contributed by atoms with Crippen molar-refractivity contribution < 1.29 is 29.0 Å². The maximum atomic E-state index is 12.1. The highest BCUT2D eigenvalue weighted by atomic mass is 16.5. The van der Waals surface area contributed by atoms with Crippen molar-refractivity contribution in [3.63, 3.8) is 0 Å². The number of hydrogen-bond acceptors (Lipinski definition) is 6. The van der Waals surface area contributed by atoms with Gasteiger partial charge in [-0.25, -0.2) is 4.79 Å². The van der Waals surface area contributed by atoms with Crippen LogP contribution in [-0.2, 0) is 19.1 Å². The molecule has 0 radical (unpaired) electrons. The van der Waals surface area contributed by atoms with E-state index in [2.05, 4.69) is 10.1 Å². The quantitative estimate of drug-likeness (QED) is 0.249. The normalized spacial score (nSPS) is 15.0. The molecule has 2 unspecified atom stereocenters. The summed E-state index contributed by atoms with van der Waals surface area (Å²) in [5, 5.41) is 12.6. The van der Waals surface area contributed by atoms with Crippen molar-refractivity contribution in [2.75, 3.05) is 7.11 Å². The minimum Gasteiger partial charge on any atom is -0.507 e. The van der Waals surface area contributed by atoms with E-state index in [4.69, 9.17) is 4.74 Å². The maximum Gasteiger partial charge on any atom is 0.410 e. The largest absolute Gasteiger partial charge is 0.507 e. The summed E-state index contributed by atoms with van der Waals surface area (Å²) in [6.07, 6.45) is 5.83. The number of ketones is 1. The van der Waals surface area contributed by atoms with E-state index in [0.717, 1.165) is 0 Å². The van der Waals surface area contributed by atoms with Crippen LogP contribution in [0.5, 0.6) is 0 Å². The molecular weight excluding hydrogens is 338 g/mol. The van der Waals surface area contributed by atoms with Gasteiger partial charge in [0.2, 0.25) is 0 Å². The van der Waals surface area contributed by atoms with Crippen LogP contribution in [-0.4, -0.2) is 30.6 Å². The molecular formula is C19H29NO6. The van der Waals surface area contributed by atoms with Gasteiger partial charge in [-0.2, -0.15) is 0 Å². The zero-order chi connectivity index (χ0) is 20.1. The van der Waals surface area contributed by atoms with Crippen LogP contribution < -0.4 is 5.32 Å². The van der Waals surface area contributed by atoms with Crippen LogP contribution in [0.1, 0.15) is 47.0 Å².